The van der Waals surface area contributed by atoms with Crippen LogP contribution in [0.5, 0.6) is 0 Å². The van der Waals surface area contributed by atoms with E-state index in [2.05, 4.69) is 4.90 Å². The lowest BCUT2D eigenvalue weighted by Gasteiger charge is -2.34. The second-order valence-corrected chi connectivity index (χ2v) is 12.8. The monoisotopic (exact) mass is 550 g/mol. The molecule has 1 aliphatic rings. The van der Waals surface area contributed by atoms with Crippen LogP contribution < -0.4 is 0 Å². The molecule has 0 amide bonds. The lowest BCUT2D eigenvalue weighted by molar-refractivity contribution is 0.0525. The van der Waals surface area contributed by atoms with Gasteiger partial charge in [-0.05, 0) is 47.5 Å². The van der Waals surface area contributed by atoms with Crippen LogP contribution in [-0.2, 0) is 24.6 Å². The molecule has 1 fully saturated rings. The molecule has 1 unspecified atom stereocenters. The SMILES string of the molecule is CS(=O)(=O)c1ccc(S(=O)(=O)N2CCN(CCOC(c3ccccc3)c3ccc(F)c(F)c3)CC2)cc1. The zero-order chi connectivity index (χ0) is 26.6. The average molecular weight is 551 g/mol. The maximum Gasteiger partial charge on any atom is 0.243 e. The van der Waals surface area contributed by atoms with Gasteiger partial charge in [-0.2, -0.15) is 4.31 Å². The number of hydrogen-bond acceptors (Lipinski definition) is 6. The normalized spacial score (nSPS) is 16.5. The van der Waals surface area contributed by atoms with Crippen LogP contribution in [0.1, 0.15) is 17.2 Å². The summed E-state index contributed by atoms with van der Waals surface area (Å²) in [6.07, 6.45) is 0.493. The number of halogens is 2. The molecule has 4 rings (SSSR count). The summed E-state index contributed by atoms with van der Waals surface area (Å²) < 4.78 is 84.1. The van der Waals surface area contributed by atoms with Crippen molar-refractivity contribution in [1.29, 1.82) is 0 Å². The first-order valence-electron chi connectivity index (χ1n) is 11.7. The van der Waals surface area contributed by atoms with E-state index >= 15 is 0 Å². The molecule has 1 saturated heterocycles. The van der Waals surface area contributed by atoms with E-state index in [1.54, 1.807) is 0 Å². The van der Waals surface area contributed by atoms with Crippen molar-refractivity contribution in [2.45, 2.75) is 15.9 Å². The minimum atomic E-state index is -3.75. The quantitative estimate of drug-likeness (QED) is 0.406. The summed E-state index contributed by atoms with van der Waals surface area (Å²) in [7, 11) is -7.16. The standard InChI is InChI=1S/C26H28F2N2O5S2/c1-36(31,32)22-8-10-23(11-9-22)37(33,34)30-15-13-29(14-16-30)17-18-35-26(20-5-3-2-4-6-20)21-7-12-24(27)25(28)19-21/h2-12,19,26H,13-18H2,1H3. The van der Waals surface area contributed by atoms with Gasteiger partial charge in [0.2, 0.25) is 10.0 Å². The van der Waals surface area contributed by atoms with Crippen LogP contribution in [0.15, 0.2) is 82.6 Å². The molecule has 3 aromatic carbocycles. The van der Waals surface area contributed by atoms with Gasteiger partial charge in [0.15, 0.2) is 21.5 Å². The lowest BCUT2D eigenvalue weighted by Crippen LogP contribution is -2.49. The third kappa shape index (κ3) is 6.60. The second-order valence-electron chi connectivity index (χ2n) is 8.82. The van der Waals surface area contributed by atoms with E-state index in [0.29, 0.717) is 31.8 Å². The summed E-state index contributed by atoms with van der Waals surface area (Å²) in [6.45, 7) is 2.38. The number of benzene rings is 3. The number of hydrogen-bond donors (Lipinski definition) is 0. The van der Waals surface area contributed by atoms with Crippen molar-refractivity contribution in [3.63, 3.8) is 0 Å². The van der Waals surface area contributed by atoms with Crippen LogP contribution in [0.3, 0.4) is 0 Å². The Kier molecular flexibility index (Phi) is 8.39. The topological polar surface area (TPSA) is 84.0 Å². The van der Waals surface area contributed by atoms with Gasteiger partial charge in [-0.15, -0.1) is 0 Å². The lowest BCUT2D eigenvalue weighted by atomic mass is 10.0. The third-order valence-electron chi connectivity index (χ3n) is 6.26. The molecule has 0 spiro atoms. The maximum absolute atomic E-state index is 13.9. The first-order chi connectivity index (χ1) is 17.6. The first kappa shape index (κ1) is 27.3. The number of ether oxygens (including phenoxy) is 1. The fourth-order valence-electron chi connectivity index (χ4n) is 4.19. The Labute approximate surface area is 216 Å². The highest BCUT2D eigenvalue weighted by Gasteiger charge is 2.29. The van der Waals surface area contributed by atoms with Crippen LogP contribution in [-0.4, -0.2) is 71.6 Å². The van der Waals surface area contributed by atoms with E-state index in [1.807, 2.05) is 30.3 Å². The predicted octanol–water partition coefficient (Wildman–Crippen LogP) is 3.48. The molecule has 1 atom stereocenters. The Morgan fingerprint density at radius 2 is 1.41 bits per heavy atom. The van der Waals surface area contributed by atoms with E-state index in [9.17, 15) is 25.6 Å². The highest BCUT2D eigenvalue weighted by atomic mass is 32.2. The molecule has 11 heteroatoms. The molecule has 198 valence electrons. The van der Waals surface area contributed by atoms with Gasteiger partial charge >= 0.3 is 0 Å². The van der Waals surface area contributed by atoms with Gasteiger partial charge in [0.25, 0.3) is 0 Å². The Morgan fingerprint density at radius 3 is 2.00 bits per heavy atom. The van der Waals surface area contributed by atoms with Gasteiger partial charge in [-0.3, -0.25) is 4.90 Å². The van der Waals surface area contributed by atoms with E-state index in [4.69, 9.17) is 4.74 Å². The Bertz CT molecular complexity index is 1430. The third-order valence-corrected chi connectivity index (χ3v) is 9.30. The van der Waals surface area contributed by atoms with Gasteiger partial charge in [0.05, 0.1) is 16.4 Å². The van der Waals surface area contributed by atoms with Gasteiger partial charge in [0, 0.05) is 39.0 Å². The second kappa shape index (κ2) is 11.4. The highest BCUT2D eigenvalue weighted by Crippen LogP contribution is 2.27. The van der Waals surface area contributed by atoms with Gasteiger partial charge in [-0.1, -0.05) is 36.4 Å². The smallest absolute Gasteiger partial charge is 0.243 e. The fourth-order valence-corrected chi connectivity index (χ4v) is 6.24. The summed E-state index contributed by atoms with van der Waals surface area (Å²) in [5.41, 5.74) is 1.31. The van der Waals surface area contributed by atoms with Crippen molar-refractivity contribution in [2.75, 3.05) is 45.6 Å². The molecule has 0 radical (unpaired) electrons. The number of sulfone groups is 1. The minimum absolute atomic E-state index is 0.0499. The van der Waals surface area contributed by atoms with Crippen molar-refractivity contribution in [2.24, 2.45) is 0 Å². The highest BCUT2D eigenvalue weighted by molar-refractivity contribution is 7.90. The average Bonchev–Trinajstić information content (AvgIpc) is 2.89. The van der Waals surface area contributed by atoms with Gasteiger partial charge in [-0.25, -0.2) is 25.6 Å². The van der Waals surface area contributed by atoms with Crippen LogP contribution >= 0.6 is 0 Å². The van der Waals surface area contributed by atoms with Crippen LogP contribution in [0, 0.1) is 11.6 Å². The van der Waals surface area contributed by atoms with Crippen molar-refractivity contribution in [1.82, 2.24) is 9.21 Å². The summed E-state index contributed by atoms with van der Waals surface area (Å²) >= 11 is 0. The molecule has 0 N–H and O–H groups in total. The molecule has 1 aliphatic heterocycles. The molecule has 1 heterocycles. The van der Waals surface area contributed by atoms with E-state index in [-0.39, 0.29) is 22.9 Å². The predicted molar refractivity (Wildman–Crippen MR) is 135 cm³/mol. The number of sulfonamides is 1. The van der Waals surface area contributed by atoms with E-state index in [0.717, 1.165) is 24.0 Å². The Morgan fingerprint density at radius 1 is 0.784 bits per heavy atom. The summed E-state index contributed by atoms with van der Waals surface area (Å²) in [5, 5.41) is 0. The summed E-state index contributed by atoms with van der Waals surface area (Å²) in [5.74, 6) is -1.86. The minimum Gasteiger partial charge on any atom is -0.367 e. The molecule has 37 heavy (non-hydrogen) atoms. The molecule has 0 bridgehead atoms. The van der Waals surface area contributed by atoms with E-state index < -0.39 is 37.6 Å². The largest absolute Gasteiger partial charge is 0.367 e. The number of nitrogens with zero attached hydrogens (tertiary/aromatic N) is 2. The molecule has 7 nitrogen and oxygen atoms in total. The summed E-state index contributed by atoms with van der Waals surface area (Å²) in [4.78, 5) is 2.19. The van der Waals surface area contributed by atoms with Crippen LogP contribution in [0.4, 0.5) is 8.78 Å². The molecular formula is C26H28F2N2O5S2. The molecule has 3 aromatic rings. The first-order valence-corrected chi connectivity index (χ1v) is 15.0. The van der Waals surface area contributed by atoms with Crippen molar-refractivity contribution in [3.8, 4) is 0 Å². The van der Waals surface area contributed by atoms with Gasteiger partial charge in [0.1, 0.15) is 6.10 Å². The van der Waals surface area contributed by atoms with Crippen molar-refractivity contribution < 1.29 is 30.4 Å². The Hall–Kier alpha value is -2.70. The molecular weight excluding hydrogens is 522 g/mol. The molecule has 0 aromatic heterocycles. The summed E-state index contributed by atoms with van der Waals surface area (Å²) in [6, 6.07) is 18.2. The van der Waals surface area contributed by atoms with E-state index in [1.165, 1.54) is 34.6 Å². The maximum atomic E-state index is 13.9. The number of rotatable bonds is 9. The fraction of sp³-hybridized carbons (Fsp3) is 0.308. The van der Waals surface area contributed by atoms with Crippen LogP contribution in [0.25, 0.3) is 0 Å². The zero-order valence-corrected chi connectivity index (χ0v) is 21.9. The van der Waals surface area contributed by atoms with Crippen LogP contribution in [0.2, 0.25) is 0 Å². The van der Waals surface area contributed by atoms with Crippen molar-refractivity contribution >= 4 is 19.9 Å². The Balaban J connectivity index is 1.35. The number of piperazine rings is 1. The molecule has 0 aliphatic carbocycles. The van der Waals surface area contributed by atoms with Gasteiger partial charge < -0.3 is 4.74 Å². The van der Waals surface area contributed by atoms with Crippen molar-refractivity contribution in [3.05, 3.63) is 95.6 Å². The zero-order valence-electron chi connectivity index (χ0n) is 20.3. The molecule has 0 saturated carbocycles.